The van der Waals surface area contributed by atoms with Gasteiger partial charge in [0.15, 0.2) is 0 Å². The molecule has 0 radical (unpaired) electrons. The summed E-state index contributed by atoms with van der Waals surface area (Å²) in [5.41, 5.74) is -0.720. The SMILES string of the molecule is CC1(C)OB(c2ccc(F)c(S(=O)(=O)Cl)c2)OC1(C)C. The maximum Gasteiger partial charge on any atom is 0.494 e. The van der Waals surface area contributed by atoms with Gasteiger partial charge in [0.2, 0.25) is 0 Å². The van der Waals surface area contributed by atoms with E-state index in [1.165, 1.54) is 6.07 Å². The van der Waals surface area contributed by atoms with Crippen molar-refractivity contribution in [2.75, 3.05) is 0 Å². The van der Waals surface area contributed by atoms with Gasteiger partial charge in [0.1, 0.15) is 10.7 Å². The Morgan fingerprint density at radius 3 is 2.10 bits per heavy atom. The van der Waals surface area contributed by atoms with Crippen LogP contribution in [-0.2, 0) is 18.4 Å². The minimum absolute atomic E-state index is 0.407. The second kappa shape index (κ2) is 4.69. The van der Waals surface area contributed by atoms with Crippen LogP contribution in [0.5, 0.6) is 0 Å². The zero-order chi connectivity index (χ0) is 15.3. The molecular weight excluding hydrogens is 305 g/mol. The molecule has 4 nitrogen and oxygen atoms in total. The van der Waals surface area contributed by atoms with Gasteiger partial charge in [-0.1, -0.05) is 6.07 Å². The molecule has 1 saturated heterocycles. The molecule has 1 aliphatic heterocycles. The molecule has 1 aromatic rings. The third kappa shape index (κ3) is 2.72. The van der Waals surface area contributed by atoms with Crippen molar-refractivity contribution in [1.82, 2.24) is 0 Å². The van der Waals surface area contributed by atoms with Crippen LogP contribution in [0.4, 0.5) is 4.39 Å². The standard InChI is InChI=1S/C12H15BClFO4S/c1-11(2)12(3,4)19-13(18-11)8-5-6-9(15)10(7-8)20(14,16)17/h5-7H,1-4H3. The Bertz CT molecular complexity index is 629. The predicted molar refractivity (Wildman–Crippen MR) is 75.2 cm³/mol. The average molecular weight is 321 g/mol. The normalized spacial score (nSPS) is 21.2. The summed E-state index contributed by atoms with van der Waals surface area (Å²) in [6.07, 6.45) is 0. The smallest absolute Gasteiger partial charge is 0.399 e. The van der Waals surface area contributed by atoms with Crippen LogP contribution < -0.4 is 5.46 Å². The van der Waals surface area contributed by atoms with E-state index in [-0.39, 0.29) is 0 Å². The Balaban J connectivity index is 2.42. The summed E-state index contributed by atoms with van der Waals surface area (Å²) in [6.45, 7) is 7.48. The number of hydrogen-bond donors (Lipinski definition) is 0. The highest BCUT2D eigenvalue weighted by Crippen LogP contribution is 2.36. The summed E-state index contributed by atoms with van der Waals surface area (Å²) >= 11 is 0. The van der Waals surface area contributed by atoms with Crippen LogP contribution in [0, 0.1) is 5.82 Å². The van der Waals surface area contributed by atoms with Crippen molar-refractivity contribution >= 4 is 32.3 Å². The van der Waals surface area contributed by atoms with Crippen LogP contribution in [0.3, 0.4) is 0 Å². The van der Waals surface area contributed by atoms with Crippen molar-refractivity contribution in [2.24, 2.45) is 0 Å². The van der Waals surface area contributed by atoms with Gasteiger partial charge in [-0.3, -0.25) is 0 Å². The van der Waals surface area contributed by atoms with E-state index in [0.717, 1.165) is 12.1 Å². The largest absolute Gasteiger partial charge is 0.494 e. The van der Waals surface area contributed by atoms with Crippen LogP contribution in [-0.4, -0.2) is 26.7 Å². The first kappa shape index (κ1) is 15.8. The lowest BCUT2D eigenvalue weighted by atomic mass is 9.79. The van der Waals surface area contributed by atoms with Gasteiger partial charge in [-0.25, -0.2) is 12.8 Å². The molecule has 110 valence electrons. The number of rotatable bonds is 2. The second-order valence-electron chi connectivity index (χ2n) is 5.72. The molecular formula is C12H15BClFO4S. The molecule has 0 amide bonds. The van der Waals surface area contributed by atoms with Crippen LogP contribution in [0.15, 0.2) is 23.1 Å². The molecule has 0 bridgehead atoms. The minimum atomic E-state index is -4.16. The van der Waals surface area contributed by atoms with E-state index in [9.17, 15) is 12.8 Å². The molecule has 0 aliphatic carbocycles. The van der Waals surface area contributed by atoms with Crippen LogP contribution in [0.25, 0.3) is 0 Å². The lowest BCUT2D eigenvalue weighted by Crippen LogP contribution is -2.41. The molecule has 1 heterocycles. The van der Waals surface area contributed by atoms with Gasteiger partial charge < -0.3 is 9.31 Å². The molecule has 0 N–H and O–H groups in total. The highest BCUT2D eigenvalue weighted by molar-refractivity contribution is 8.13. The maximum absolute atomic E-state index is 13.5. The van der Waals surface area contributed by atoms with Crippen molar-refractivity contribution in [2.45, 2.75) is 43.8 Å². The molecule has 20 heavy (non-hydrogen) atoms. The molecule has 1 aliphatic rings. The quantitative estimate of drug-likeness (QED) is 0.618. The monoisotopic (exact) mass is 320 g/mol. The van der Waals surface area contributed by atoms with E-state index in [0.29, 0.717) is 5.46 Å². The molecule has 2 rings (SSSR count). The fourth-order valence-electron chi connectivity index (χ4n) is 1.83. The lowest BCUT2D eigenvalue weighted by molar-refractivity contribution is 0.00578. The molecule has 0 unspecified atom stereocenters. The van der Waals surface area contributed by atoms with Gasteiger partial charge in [-0.05, 0) is 45.3 Å². The number of benzene rings is 1. The molecule has 1 aromatic carbocycles. The summed E-state index contributed by atoms with van der Waals surface area (Å²) in [5.74, 6) is -0.903. The van der Waals surface area contributed by atoms with Crippen molar-refractivity contribution in [1.29, 1.82) is 0 Å². The summed E-state index contributed by atoms with van der Waals surface area (Å²) < 4.78 is 47.7. The van der Waals surface area contributed by atoms with Crippen LogP contribution in [0.1, 0.15) is 27.7 Å². The van der Waals surface area contributed by atoms with E-state index in [2.05, 4.69) is 0 Å². The minimum Gasteiger partial charge on any atom is -0.399 e. The average Bonchev–Trinajstić information content (AvgIpc) is 2.47. The highest BCUT2D eigenvalue weighted by atomic mass is 35.7. The Kier molecular flexibility index (Phi) is 3.70. The second-order valence-corrected chi connectivity index (χ2v) is 8.25. The Hall–Kier alpha value is -0.625. The van der Waals surface area contributed by atoms with Crippen molar-refractivity contribution in [3.63, 3.8) is 0 Å². The summed E-state index contributed by atoms with van der Waals surface area (Å²) in [6, 6.07) is 3.60. The van der Waals surface area contributed by atoms with Gasteiger partial charge in [-0.2, -0.15) is 0 Å². The summed E-state index contributed by atoms with van der Waals surface area (Å²) in [4.78, 5) is -0.577. The van der Waals surface area contributed by atoms with Crippen molar-refractivity contribution in [3.05, 3.63) is 24.0 Å². The number of hydrogen-bond acceptors (Lipinski definition) is 4. The van der Waals surface area contributed by atoms with E-state index in [1.807, 2.05) is 27.7 Å². The fourth-order valence-corrected chi connectivity index (χ4v) is 2.77. The van der Waals surface area contributed by atoms with Crippen LogP contribution in [0.2, 0.25) is 0 Å². The molecule has 0 aromatic heterocycles. The molecule has 8 heteroatoms. The van der Waals surface area contributed by atoms with E-state index < -0.39 is 38.1 Å². The third-order valence-electron chi connectivity index (χ3n) is 3.74. The first-order valence-electron chi connectivity index (χ1n) is 6.04. The van der Waals surface area contributed by atoms with Gasteiger partial charge in [0.25, 0.3) is 9.05 Å². The Morgan fingerprint density at radius 2 is 1.65 bits per heavy atom. The van der Waals surface area contributed by atoms with E-state index >= 15 is 0 Å². The number of halogens is 2. The molecule has 0 saturated carbocycles. The first-order valence-corrected chi connectivity index (χ1v) is 8.35. The lowest BCUT2D eigenvalue weighted by Gasteiger charge is -2.32. The van der Waals surface area contributed by atoms with Gasteiger partial charge >= 0.3 is 7.12 Å². The molecule has 1 fully saturated rings. The predicted octanol–water partition coefficient (Wildman–Crippen LogP) is 2.05. The maximum atomic E-state index is 13.5. The topological polar surface area (TPSA) is 52.6 Å². The van der Waals surface area contributed by atoms with Gasteiger partial charge in [0, 0.05) is 10.7 Å². The van der Waals surface area contributed by atoms with E-state index in [4.69, 9.17) is 20.0 Å². The Morgan fingerprint density at radius 1 is 1.15 bits per heavy atom. The zero-order valence-corrected chi connectivity index (χ0v) is 13.2. The molecule has 0 atom stereocenters. The fraction of sp³-hybridized carbons (Fsp3) is 0.500. The zero-order valence-electron chi connectivity index (χ0n) is 11.6. The van der Waals surface area contributed by atoms with Crippen LogP contribution >= 0.6 is 10.7 Å². The third-order valence-corrected chi connectivity index (χ3v) is 5.08. The summed E-state index contributed by atoms with van der Waals surface area (Å²) in [5, 5.41) is 0. The molecule has 0 spiro atoms. The Labute approximate surface area is 122 Å². The first-order chi connectivity index (χ1) is 8.94. The van der Waals surface area contributed by atoms with Gasteiger partial charge in [-0.15, -0.1) is 0 Å². The highest BCUT2D eigenvalue weighted by Gasteiger charge is 2.51. The summed E-state index contributed by atoms with van der Waals surface area (Å²) in [7, 11) is 0.282. The van der Waals surface area contributed by atoms with E-state index in [1.54, 1.807) is 0 Å². The van der Waals surface area contributed by atoms with Gasteiger partial charge in [0.05, 0.1) is 11.2 Å². The van der Waals surface area contributed by atoms with Crippen molar-refractivity contribution in [3.8, 4) is 0 Å². The van der Waals surface area contributed by atoms with Crippen molar-refractivity contribution < 1.29 is 22.1 Å².